The van der Waals surface area contributed by atoms with Crippen LogP contribution in [0.2, 0.25) is 0 Å². The van der Waals surface area contributed by atoms with Crippen LogP contribution >= 0.6 is 21.6 Å². The third-order valence-corrected chi connectivity index (χ3v) is 3.85. The zero-order valence-electron chi connectivity index (χ0n) is 7.38. The van der Waals surface area contributed by atoms with E-state index in [-0.39, 0.29) is 10.6 Å². The first-order chi connectivity index (χ1) is 6.75. The van der Waals surface area contributed by atoms with Crippen LogP contribution in [0.15, 0.2) is 29.2 Å². The standard InChI is InChI=1S/C8H10N2O2S2/c9-5-6-13-14-8-4-2-1-3-7(8)10(11)12/h1-4H,5-6,9H2. The van der Waals surface area contributed by atoms with Gasteiger partial charge in [0.25, 0.3) is 5.69 Å². The minimum atomic E-state index is -0.370. The second-order valence-corrected chi connectivity index (χ2v) is 4.88. The van der Waals surface area contributed by atoms with Gasteiger partial charge in [-0.3, -0.25) is 10.1 Å². The lowest BCUT2D eigenvalue weighted by Crippen LogP contribution is -1.99. The van der Waals surface area contributed by atoms with Gasteiger partial charge in [-0.15, -0.1) is 0 Å². The second kappa shape index (κ2) is 5.90. The molecule has 0 spiro atoms. The average Bonchev–Trinajstić information content (AvgIpc) is 2.19. The maximum atomic E-state index is 10.6. The van der Waals surface area contributed by atoms with Crippen LogP contribution in [0.4, 0.5) is 5.69 Å². The molecule has 6 heteroatoms. The Bertz CT molecular complexity index is 320. The van der Waals surface area contributed by atoms with Crippen LogP contribution in [0.1, 0.15) is 0 Å². The zero-order valence-corrected chi connectivity index (χ0v) is 9.01. The van der Waals surface area contributed by atoms with Gasteiger partial charge in [0.2, 0.25) is 0 Å². The maximum absolute atomic E-state index is 10.6. The van der Waals surface area contributed by atoms with E-state index in [0.717, 1.165) is 5.75 Å². The minimum Gasteiger partial charge on any atom is -0.330 e. The predicted octanol–water partition coefficient (Wildman–Crippen LogP) is 2.29. The molecule has 1 aromatic carbocycles. The van der Waals surface area contributed by atoms with Crippen LogP contribution in [0.3, 0.4) is 0 Å². The molecule has 0 saturated carbocycles. The molecule has 14 heavy (non-hydrogen) atoms. The Hall–Kier alpha value is -0.720. The summed E-state index contributed by atoms with van der Waals surface area (Å²) in [6.07, 6.45) is 0. The summed E-state index contributed by atoms with van der Waals surface area (Å²) in [6, 6.07) is 6.70. The number of benzene rings is 1. The summed E-state index contributed by atoms with van der Waals surface area (Å²) in [5, 5.41) is 10.6. The van der Waals surface area contributed by atoms with Gasteiger partial charge in [0.05, 0.1) is 9.82 Å². The second-order valence-electron chi connectivity index (χ2n) is 2.42. The molecule has 0 saturated heterocycles. The van der Waals surface area contributed by atoms with Gasteiger partial charge >= 0.3 is 0 Å². The summed E-state index contributed by atoms with van der Waals surface area (Å²) in [5.74, 6) is 0.788. The van der Waals surface area contributed by atoms with Crippen molar-refractivity contribution >= 4 is 27.3 Å². The first kappa shape index (κ1) is 11.4. The molecule has 0 fully saturated rings. The van der Waals surface area contributed by atoms with E-state index in [0.29, 0.717) is 11.4 Å². The maximum Gasteiger partial charge on any atom is 0.283 e. The number of nitro groups is 1. The molecule has 76 valence electrons. The lowest BCUT2D eigenvalue weighted by molar-refractivity contribution is -0.387. The quantitative estimate of drug-likeness (QED) is 0.364. The fraction of sp³-hybridized carbons (Fsp3) is 0.250. The lowest BCUT2D eigenvalue weighted by atomic mass is 10.3. The van der Waals surface area contributed by atoms with Crippen molar-refractivity contribution in [2.75, 3.05) is 12.3 Å². The summed E-state index contributed by atoms with van der Waals surface area (Å²) in [7, 11) is 2.92. The van der Waals surface area contributed by atoms with Crippen molar-refractivity contribution in [1.82, 2.24) is 0 Å². The highest BCUT2D eigenvalue weighted by molar-refractivity contribution is 8.76. The van der Waals surface area contributed by atoms with Crippen LogP contribution in [0.25, 0.3) is 0 Å². The third-order valence-electron chi connectivity index (χ3n) is 1.41. The molecule has 4 nitrogen and oxygen atoms in total. The Morgan fingerprint density at radius 3 is 2.79 bits per heavy atom. The number of para-hydroxylation sites is 1. The first-order valence-corrected chi connectivity index (χ1v) is 6.30. The van der Waals surface area contributed by atoms with E-state index < -0.39 is 0 Å². The average molecular weight is 230 g/mol. The fourth-order valence-electron chi connectivity index (χ4n) is 0.832. The molecule has 1 rings (SSSR count). The molecule has 1 aromatic rings. The van der Waals surface area contributed by atoms with Crippen LogP contribution < -0.4 is 5.73 Å². The monoisotopic (exact) mass is 230 g/mol. The summed E-state index contributed by atoms with van der Waals surface area (Å²) < 4.78 is 0. The van der Waals surface area contributed by atoms with E-state index in [2.05, 4.69) is 0 Å². The molecular weight excluding hydrogens is 220 g/mol. The normalized spacial score (nSPS) is 10.1. The molecule has 0 aliphatic carbocycles. The van der Waals surface area contributed by atoms with Gasteiger partial charge in [0.15, 0.2) is 0 Å². The molecule has 0 unspecified atom stereocenters. The highest BCUT2D eigenvalue weighted by Crippen LogP contribution is 2.36. The Labute approximate surface area is 89.8 Å². The Kier molecular flexibility index (Phi) is 4.78. The summed E-state index contributed by atoms with van der Waals surface area (Å²) >= 11 is 0. The molecule has 0 radical (unpaired) electrons. The number of nitrogens with two attached hydrogens (primary N) is 1. The van der Waals surface area contributed by atoms with Crippen LogP contribution in [0.5, 0.6) is 0 Å². The van der Waals surface area contributed by atoms with Crippen LogP contribution in [-0.4, -0.2) is 17.2 Å². The van der Waals surface area contributed by atoms with E-state index in [4.69, 9.17) is 5.73 Å². The highest BCUT2D eigenvalue weighted by Gasteiger charge is 2.12. The highest BCUT2D eigenvalue weighted by atomic mass is 33.1. The number of nitrogens with zero attached hydrogens (tertiary/aromatic N) is 1. The van der Waals surface area contributed by atoms with E-state index in [1.54, 1.807) is 18.2 Å². The molecule has 0 aliphatic rings. The summed E-state index contributed by atoms with van der Waals surface area (Å²) in [5.41, 5.74) is 5.48. The van der Waals surface area contributed by atoms with E-state index >= 15 is 0 Å². The van der Waals surface area contributed by atoms with Crippen molar-refractivity contribution in [3.05, 3.63) is 34.4 Å². The van der Waals surface area contributed by atoms with Crippen molar-refractivity contribution in [1.29, 1.82) is 0 Å². The number of nitro benzene ring substituents is 1. The smallest absolute Gasteiger partial charge is 0.283 e. The van der Waals surface area contributed by atoms with Gasteiger partial charge in [-0.25, -0.2) is 0 Å². The zero-order chi connectivity index (χ0) is 10.4. The first-order valence-electron chi connectivity index (χ1n) is 3.98. The Balaban J connectivity index is 2.69. The molecule has 0 aromatic heterocycles. The molecule has 0 amide bonds. The molecule has 0 aliphatic heterocycles. The van der Waals surface area contributed by atoms with Gasteiger partial charge in [-0.2, -0.15) is 0 Å². The molecule has 0 atom stereocenters. The predicted molar refractivity (Wildman–Crippen MR) is 60.5 cm³/mol. The van der Waals surface area contributed by atoms with E-state index in [1.807, 2.05) is 0 Å². The number of hydrogen-bond acceptors (Lipinski definition) is 5. The van der Waals surface area contributed by atoms with E-state index in [1.165, 1.54) is 27.7 Å². The Morgan fingerprint density at radius 1 is 1.43 bits per heavy atom. The molecule has 0 heterocycles. The fourth-order valence-corrected chi connectivity index (χ4v) is 2.84. The molecule has 2 N–H and O–H groups in total. The minimum absolute atomic E-state index is 0.155. The van der Waals surface area contributed by atoms with Gasteiger partial charge < -0.3 is 5.73 Å². The summed E-state index contributed by atoms with van der Waals surface area (Å²) in [6.45, 7) is 0.582. The van der Waals surface area contributed by atoms with Gasteiger partial charge in [-0.1, -0.05) is 33.7 Å². The van der Waals surface area contributed by atoms with Crippen molar-refractivity contribution in [2.24, 2.45) is 5.73 Å². The third kappa shape index (κ3) is 3.21. The van der Waals surface area contributed by atoms with Gasteiger partial charge in [-0.05, 0) is 6.07 Å². The van der Waals surface area contributed by atoms with Crippen LogP contribution in [0, 0.1) is 10.1 Å². The number of hydrogen-bond donors (Lipinski definition) is 1. The van der Waals surface area contributed by atoms with Gasteiger partial charge in [0.1, 0.15) is 0 Å². The molecular formula is C8H10N2O2S2. The summed E-state index contributed by atoms with van der Waals surface area (Å²) in [4.78, 5) is 10.9. The van der Waals surface area contributed by atoms with Crippen LogP contribution in [-0.2, 0) is 0 Å². The van der Waals surface area contributed by atoms with Crippen molar-refractivity contribution < 1.29 is 4.92 Å². The van der Waals surface area contributed by atoms with Crippen molar-refractivity contribution in [3.63, 3.8) is 0 Å². The topological polar surface area (TPSA) is 69.2 Å². The largest absolute Gasteiger partial charge is 0.330 e. The van der Waals surface area contributed by atoms with Gasteiger partial charge in [0, 0.05) is 18.4 Å². The van der Waals surface area contributed by atoms with Crippen molar-refractivity contribution in [2.45, 2.75) is 4.90 Å². The SMILES string of the molecule is NCCSSc1ccccc1[N+](=O)[O-]. The van der Waals surface area contributed by atoms with E-state index in [9.17, 15) is 10.1 Å². The van der Waals surface area contributed by atoms with Crippen molar-refractivity contribution in [3.8, 4) is 0 Å². The number of rotatable bonds is 5. The lowest BCUT2D eigenvalue weighted by Gasteiger charge is -2.00. The molecule has 0 bridgehead atoms. The Morgan fingerprint density at radius 2 is 2.14 bits per heavy atom.